The fourth-order valence-corrected chi connectivity index (χ4v) is 2.52. The predicted octanol–water partition coefficient (Wildman–Crippen LogP) is 4.45. The maximum absolute atomic E-state index is 11.5. The van der Waals surface area contributed by atoms with E-state index in [-0.39, 0.29) is 0 Å². The van der Waals surface area contributed by atoms with Gasteiger partial charge in [0.2, 0.25) is 0 Å². The van der Waals surface area contributed by atoms with Crippen LogP contribution in [0, 0.1) is 0 Å². The van der Waals surface area contributed by atoms with Gasteiger partial charge in [-0.15, -0.1) is 0 Å². The van der Waals surface area contributed by atoms with Crippen molar-refractivity contribution in [3.63, 3.8) is 0 Å². The van der Waals surface area contributed by atoms with E-state index in [1.54, 1.807) is 36.5 Å². The van der Waals surface area contributed by atoms with Gasteiger partial charge in [-0.3, -0.25) is 4.90 Å². The van der Waals surface area contributed by atoms with Crippen molar-refractivity contribution in [2.24, 2.45) is 0 Å². The Bertz CT molecular complexity index is 711. The van der Waals surface area contributed by atoms with Crippen LogP contribution in [0.2, 0.25) is 0 Å². The molecule has 1 amide bonds. The average molecular weight is 379 g/mol. The first-order valence-corrected chi connectivity index (χ1v) is 7.79. The Morgan fingerprint density at radius 2 is 1.91 bits per heavy atom. The van der Waals surface area contributed by atoms with E-state index < -0.39 is 11.6 Å². The molecule has 7 heteroatoms. The molecule has 0 saturated carbocycles. The first kappa shape index (κ1) is 17.1. The van der Waals surface area contributed by atoms with E-state index in [0.717, 1.165) is 10.2 Å². The highest BCUT2D eigenvalue weighted by Gasteiger charge is 2.27. The SMILES string of the molecule is CC(C)(C)N(C(=O)O)c1ccc(Nc2ncc(Br)cc2N)cc1. The third kappa shape index (κ3) is 4.13. The van der Waals surface area contributed by atoms with Crippen molar-refractivity contribution >= 4 is 44.9 Å². The molecule has 0 radical (unpaired) electrons. The molecule has 1 aromatic carbocycles. The summed E-state index contributed by atoms with van der Waals surface area (Å²) in [5.41, 5.74) is 7.27. The molecule has 0 atom stereocenters. The molecule has 0 fully saturated rings. The van der Waals surface area contributed by atoms with Crippen molar-refractivity contribution in [3.05, 3.63) is 41.0 Å². The summed E-state index contributed by atoms with van der Waals surface area (Å²) in [7, 11) is 0. The lowest BCUT2D eigenvalue weighted by Crippen LogP contribution is -2.45. The number of hydrogen-bond donors (Lipinski definition) is 3. The van der Waals surface area contributed by atoms with Gasteiger partial charge in [0.05, 0.1) is 5.69 Å². The average Bonchev–Trinajstić information content (AvgIpc) is 2.42. The van der Waals surface area contributed by atoms with E-state index in [1.165, 1.54) is 4.90 Å². The van der Waals surface area contributed by atoms with Crippen molar-refractivity contribution in [2.75, 3.05) is 16.0 Å². The number of nitrogens with one attached hydrogen (secondary N) is 1. The molecule has 0 unspecified atom stereocenters. The molecule has 4 N–H and O–H groups in total. The van der Waals surface area contributed by atoms with Crippen molar-refractivity contribution in [3.8, 4) is 0 Å². The molecule has 2 rings (SSSR count). The predicted molar refractivity (Wildman–Crippen MR) is 96.3 cm³/mol. The topological polar surface area (TPSA) is 91.5 Å². The maximum Gasteiger partial charge on any atom is 0.412 e. The third-order valence-electron chi connectivity index (χ3n) is 3.13. The molecular formula is C16H19BrN4O2. The Morgan fingerprint density at radius 3 is 2.39 bits per heavy atom. The summed E-state index contributed by atoms with van der Waals surface area (Å²) >= 11 is 3.31. The highest BCUT2D eigenvalue weighted by atomic mass is 79.9. The fraction of sp³-hybridized carbons (Fsp3) is 0.250. The van der Waals surface area contributed by atoms with E-state index in [2.05, 4.69) is 26.2 Å². The lowest BCUT2D eigenvalue weighted by molar-refractivity contribution is 0.195. The van der Waals surface area contributed by atoms with Gasteiger partial charge in [0.25, 0.3) is 0 Å². The number of nitrogens with zero attached hydrogens (tertiary/aromatic N) is 2. The van der Waals surface area contributed by atoms with Crippen molar-refractivity contribution in [1.82, 2.24) is 4.98 Å². The molecule has 0 spiro atoms. The van der Waals surface area contributed by atoms with Gasteiger partial charge in [-0.05, 0) is 67.0 Å². The zero-order valence-electron chi connectivity index (χ0n) is 13.2. The van der Waals surface area contributed by atoms with E-state index in [4.69, 9.17) is 5.73 Å². The van der Waals surface area contributed by atoms with Crippen molar-refractivity contribution < 1.29 is 9.90 Å². The van der Waals surface area contributed by atoms with Gasteiger partial charge in [0.15, 0.2) is 5.82 Å². The van der Waals surface area contributed by atoms with Crippen LogP contribution in [-0.4, -0.2) is 21.7 Å². The largest absolute Gasteiger partial charge is 0.465 e. The fourth-order valence-electron chi connectivity index (χ4n) is 2.17. The Kier molecular flexibility index (Phi) is 4.79. The number of nitrogens with two attached hydrogens (primary N) is 1. The smallest absolute Gasteiger partial charge is 0.412 e. The summed E-state index contributed by atoms with van der Waals surface area (Å²) in [6, 6.07) is 8.84. The van der Waals surface area contributed by atoms with Crippen molar-refractivity contribution in [1.29, 1.82) is 0 Å². The second-order valence-corrected chi connectivity index (χ2v) is 6.97. The number of amides is 1. The van der Waals surface area contributed by atoms with Gasteiger partial charge in [0, 0.05) is 27.6 Å². The van der Waals surface area contributed by atoms with Gasteiger partial charge < -0.3 is 16.2 Å². The quantitative estimate of drug-likeness (QED) is 0.733. The van der Waals surface area contributed by atoms with Gasteiger partial charge >= 0.3 is 6.09 Å². The highest BCUT2D eigenvalue weighted by Crippen LogP contribution is 2.28. The molecule has 122 valence electrons. The summed E-state index contributed by atoms with van der Waals surface area (Å²) in [5, 5.41) is 12.5. The zero-order chi connectivity index (χ0) is 17.2. The number of rotatable bonds is 3. The number of halogens is 1. The standard InChI is InChI=1S/C16H19BrN4O2/c1-16(2,3)21(15(22)23)12-6-4-11(5-7-12)20-14-13(18)8-10(17)9-19-14/h4-9H,18H2,1-3H3,(H,19,20)(H,22,23). The molecule has 0 bridgehead atoms. The Labute approximate surface area is 143 Å². The number of aromatic nitrogens is 1. The number of hydrogen-bond acceptors (Lipinski definition) is 4. The molecule has 23 heavy (non-hydrogen) atoms. The minimum atomic E-state index is -0.989. The number of anilines is 4. The number of carbonyl (C=O) groups is 1. The van der Waals surface area contributed by atoms with Crippen LogP contribution in [-0.2, 0) is 0 Å². The molecule has 6 nitrogen and oxygen atoms in total. The van der Waals surface area contributed by atoms with E-state index >= 15 is 0 Å². The number of nitrogen functional groups attached to an aromatic ring is 1. The number of carboxylic acid groups (broad SMARTS) is 1. The van der Waals surface area contributed by atoms with Crippen LogP contribution < -0.4 is 16.0 Å². The summed E-state index contributed by atoms with van der Waals surface area (Å²) in [5.74, 6) is 0.548. The second-order valence-electron chi connectivity index (χ2n) is 6.05. The summed E-state index contributed by atoms with van der Waals surface area (Å²) in [4.78, 5) is 17.0. The van der Waals surface area contributed by atoms with Crippen LogP contribution in [0.3, 0.4) is 0 Å². The van der Waals surface area contributed by atoms with Gasteiger partial charge in [-0.25, -0.2) is 9.78 Å². The number of benzene rings is 1. The molecule has 1 heterocycles. The van der Waals surface area contributed by atoms with Crippen molar-refractivity contribution in [2.45, 2.75) is 26.3 Å². The normalized spacial score (nSPS) is 11.1. The first-order chi connectivity index (χ1) is 10.7. The molecule has 0 aliphatic rings. The lowest BCUT2D eigenvalue weighted by Gasteiger charge is -2.33. The minimum absolute atomic E-state index is 0.519. The molecule has 0 saturated heterocycles. The highest BCUT2D eigenvalue weighted by molar-refractivity contribution is 9.10. The Balaban J connectivity index is 2.23. The van der Waals surface area contributed by atoms with Crippen LogP contribution in [0.25, 0.3) is 0 Å². The first-order valence-electron chi connectivity index (χ1n) is 7.00. The van der Waals surface area contributed by atoms with E-state index in [1.807, 2.05) is 20.8 Å². The van der Waals surface area contributed by atoms with Crippen LogP contribution in [0.4, 0.5) is 27.7 Å². The molecule has 2 aromatic rings. The van der Waals surface area contributed by atoms with E-state index in [9.17, 15) is 9.90 Å². The number of pyridine rings is 1. The summed E-state index contributed by atoms with van der Waals surface area (Å²) < 4.78 is 0.804. The Hall–Kier alpha value is -2.28. The Morgan fingerprint density at radius 1 is 1.30 bits per heavy atom. The zero-order valence-corrected chi connectivity index (χ0v) is 14.8. The lowest BCUT2D eigenvalue weighted by atomic mass is 10.1. The second kappa shape index (κ2) is 6.45. The van der Waals surface area contributed by atoms with Crippen LogP contribution in [0.15, 0.2) is 41.0 Å². The molecular weight excluding hydrogens is 360 g/mol. The third-order valence-corrected chi connectivity index (χ3v) is 3.57. The van der Waals surface area contributed by atoms with E-state index in [0.29, 0.717) is 17.2 Å². The van der Waals surface area contributed by atoms with Gasteiger partial charge in [-0.2, -0.15) is 0 Å². The monoisotopic (exact) mass is 378 g/mol. The van der Waals surface area contributed by atoms with Crippen LogP contribution in [0.1, 0.15) is 20.8 Å². The minimum Gasteiger partial charge on any atom is -0.465 e. The molecule has 1 aromatic heterocycles. The van der Waals surface area contributed by atoms with Crippen LogP contribution in [0.5, 0.6) is 0 Å². The molecule has 0 aliphatic carbocycles. The van der Waals surface area contributed by atoms with Gasteiger partial charge in [-0.1, -0.05) is 0 Å². The summed E-state index contributed by atoms with van der Waals surface area (Å²) in [6.07, 6.45) is 0.663. The molecule has 0 aliphatic heterocycles. The summed E-state index contributed by atoms with van der Waals surface area (Å²) in [6.45, 7) is 5.54. The van der Waals surface area contributed by atoms with Gasteiger partial charge in [0.1, 0.15) is 0 Å². The maximum atomic E-state index is 11.5. The van der Waals surface area contributed by atoms with Crippen LogP contribution >= 0.6 is 15.9 Å².